The molecule has 0 saturated carbocycles. The van der Waals surface area contributed by atoms with Crippen molar-refractivity contribution in [1.29, 1.82) is 0 Å². The molecule has 0 heterocycles. The van der Waals surface area contributed by atoms with Gasteiger partial charge in [0.15, 0.2) is 0 Å². The Hall–Kier alpha value is -1.52. The molecule has 0 bridgehead atoms. The number of thioether (sulfide) groups is 1. The number of anilines is 1. The number of hydrogen-bond donors (Lipinski definition) is 1. The smallest absolute Gasteiger partial charge is 0.234 e. The van der Waals surface area contributed by atoms with Crippen LogP contribution in [0.15, 0.2) is 47.4 Å². The van der Waals surface area contributed by atoms with Crippen LogP contribution < -0.4 is 5.32 Å². The van der Waals surface area contributed by atoms with E-state index < -0.39 is 5.82 Å². The second-order valence-electron chi connectivity index (χ2n) is 4.27. The summed E-state index contributed by atoms with van der Waals surface area (Å²) in [5.74, 6) is -0.454. The summed E-state index contributed by atoms with van der Waals surface area (Å²) in [5.41, 5.74) is 1.11. The van der Waals surface area contributed by atoms with Gasteiger partial charge in [-0.25, -0.2) is 4.39 Å². The number of benzene rings is 2. The van der Waals surface area contributed by atoms with Crippen molar-refractivity contribution in [3.8, 4) is 0 Å². The fourth-order valence-electron chi connectivity index (χ4n) is 1.60. The lowest BCUT2D eigenvalue weighted by Crippen LogP contribution is -2.15. The molecular weight excluding hydrogens is 297 g/mol. The first-order valence-corrected chi connectivity index (χ1v) is 7.35. The Labute approximate surface area is 126 Å². The monoisotopic (exact) mass is 309 g/mol. The molecule has 0 radical (unpaired) electrons. The second-order valence-corrected chi connectivity index (χ2v) is 5.76. The van der Waals surface area contributed by atoms with Crippen LogP contribution in [0.25, 0.3) is 0 Å². The van der Waals surface area contributed by atoms with Crippen molar-refractivity contribution in [2.75, 3.05) is 11.1 Å². The second kappa shape index (κ2) is 6.77. The molecule has 0 aliphatic rings. The molecular formula is C15H13ClFNOS. The van der Waals surface area contributed by atoms with Crippen LogP contribution in [-0.4, -0.2) is 11.7 Å². The number of rotatable bonds is 4. The third kappa shape index (κ3) is 4.25. The van der Waals surface area contributed by atoms with Gasteiger partial charge in [-0.05, 0) is 48.9 Å². The SMILES string of the molecule is Cc1ccc(F)c(NC(=O)CSc2ccc(Cl)cc2)c1. The molecule has 0 fully saturated rings. The molecule has 0 aliphatic heterocycles. The Balaban J connectivity index is 1.92. The zero-order chi connectivity index (χ0) is 14.5. The van der Waals surface area contributed by atoms with Gasteiger partial charge in [-0.1, -0.05) is 17.7 Å². The molecule has 0 unspecified atom stereocenters. The van der Waals surface area contributed by atoms with Gasteiger partial charge in [-0.2, -0.15) is 0 Å². The third-order valence-corrected chi connectivity index (χ3v) is 3.84. The zero-order valence-electron chi connectivity index (χ0n) is 10.8. The van der Waals surface area contributed by atoms with Crippen molar-refractivity contribution in [1.82, 2.24) is 0 Å². The van der Waals surface area contributed by atoms with Gasteiger partial charge in [-0.3, -0.25) is 4.79 Å². The van der Waals surface area contributed by atoms with Crippen LogP contribution in [0.4, 0.5) is 10.1 Å². The average molecular weight is 310 g/mol. The van der Waals surface area contributed by atoms with E-state index in [1.165, 1.54) is 17.8 Å². The standard InChI is InChI=1S/C15H13ClFNOS/c1-10-2-7-13(17)14(8-10)18-15(19)9-20-12-5-3-11(16)4-6-12/h2-8H,9H2,1H3,(H,18,19). The number of amides is 1. The number of aryl methyl sites for hydroxylation is 1. The minimum absolute atomic E-state index is 0.215. The molecule has 1 N–H and O–H groups in total. The maximum absolute atomic E-state index is 13.5. The third-order valence-electron chi connectivity index (χ3n) is 2.58. The lowest BCUT2D eigenvalue weighted by atomic mass is 10.2. The molecule has 2 aromatic carbocycles. The van der Waals surface area contributed by atoms with Crippen LogP contribution in [0.2, 0.25) is 5.02 Å². The van der Waals surface area contributed by atoms with Crippen molar-refractivity contribution in [3.63, 3.8) is 0 Å². The normalized spacial score (nSPS) is 10.3. The van der Waals surface area contributed by atoms with Gasteiger partial charge in [0.05, 0.1) is 11.4 Å². The molecule has 0 spiro atoms. The Kier molecular flexibility index (Phi) is 5.04. The summed E-state index contributed by atoms with van der Waals surface area (Å²) < 4.78 is 13.5. The van der Waals surface area contributed by atoms with Crippen LogP contribution in [0.5, 0.6) is 0 Å². The summed E-state index contributed by atoms with van der Waals surface area (Å²) in [5, 5.41) is 3.23. The van der Waals surface area contributed by atoms with Crippen molar-refractivity contribution in [3.05, 3.63) is 58.9 Å². The topological polar surface area (TPSA) is 29.1 Å². The van der Waals surface area contributed by atoms with E-state index in [0.29, 0.717) is 5.02 Å². The molecule has 104 valence electrons. The first kappa shape index (κ1) is 14.9. The van der Waals surface area contributed by atoms with E-state index >= 15 is 0 Å². The number of halogens is 2. The highest BCUT2D eigenvalue weighted by atomic mass is 35.5. The molecule has 2 aromatic rings. The lowest BCUT2D eigenvalue weighted by molar-refractivity contribution is -0.113. The first-order valence-electron chi connectivity index (χ1n) is 5.99. The number of hydrogen-bond acceptors (Lipinski definition) is 2. The van der Waals surface area contributed by atoms with E-state index in [-0.39, 0.29) is 17.3 Å². The minimum atomic E-state index is -0.430. The largest absolute Gasteiger partial charge is 0.323 e. The Morgan fingerprint density at radius 3 is 2.65 bits per heavy atom. The summed E-state index contributed by atoms with van der Waals surface area (Å²) in [7, 11) is 0. The van der Waals surface area contributed by atoms with Gasteiger partial charge < -0.3 is 5.32 Å². The van der Waals surface area contributed by atoms with Gasteiger partial charge in [0, 0.05) is 9.92 Å². The molecule has 20 heavy (non-hydrogen) atoms. The minimum Gasteiger partial charge on any atom is -0.323 e. The van der Waals surface area contributed by atoms with Crippen LogP contribution in [0.3, 0.4) is 0 Å². The van der Waals surface area contributed by atoms with Gasteiger partial charge in [-0.15, -0.1) is 11.8 Å². The highest BCUT2D eigenvalue weighted by Gasteiger charge is 2.07. The lowest BCUT2D eigenvalue weighted by Gasteiger charge is -2.07. The van der Waals surface area contributed by atoms with Gasteiger partial charge in [0.1, 0.15) is 5.82 Å². The summed E-state index contributed by atoms with van der Waals surface area (Å²) in [6, 6.07) is 11.8. The molecule has 0 atom stereocenters. The van der Waals surface area contributed by atoms with E-state index in [1.807, 2.05) is 19.1 Å². The van der Waals surface area contributed by atoms with E-state index in [2.05, 4.69) is 5.32 Å². The number of carbonyl (C=O) groups is 1. The fraction of sp³-hybridized carbons (Fsp3) is 0.133. The van der Waals surface area contributed by atoms with Crippen LogP contribution in [0, 0.1) is 12.7 Å². The van der Waals surface area contributed by atoms with Gasteiger partial charge in [0.25, 0.3) is 0 Å². The van der Waals surface area contributed by atoms with E-state index in [4.69, 9.17) is 11.6 Å². The maximum Gasteiger partial charge on any atom is 0.234 e. The highest BCUT2D eigenvalue weighted by molar-refractivity contribution is 8.00. The Bertz CT molecular complexity index is 616. The molecule has 0 aromatic heterocycles. The summed E-state index contributed by atoms with van der Waals surface area (Å²) in [6.45, 7) is 1.84. The summed E-state index contributed by atoms with van der Waals surface area (Å²) in [6.07, 6.45) is 0. The maximum atomic E-state index is 13.5. The zero-order valence-corrected chi connectivity index (χ0v) is 12.4. The number of carbonyl (C=O) groups excluding carboxylic acids is 1. The van der Waals surface area contributed by atoms with E-state index in [0.717, 1.165) is 10.5 Å². The summed E-state index contributed by atoms with van der Waals surface area (Å²) in [4.78, 5) is 12.7. The number of nitrogens with one attached hydrogen (secondary N) is 1. The quantitative estimate of drug-likeness (QED) is 0.841. The van der Waals surface area contributed by atoms with E-state index in [9.17, 15) is 9.18 Å². The Morgan fingerprint density at radius 2 is 1.95 bits per heavy atom. The molecule has 2 nitrogen and oxygen atoms in total. The first-order chi connectivity index (χ1) is 9.54. The molecule has 1 amide bonds. The van der Waals surface area contributed by atoms with Crippen molar-refractivity contribution >= 4 is 35.0 Å². The van der Waals surface area contributed by atoms with Crippen LogP contribution in [-0.2, 0) is 4.79 Å². The van der Waals surface area contributed by atoms with Crippen molar-refractivity contribution in [2.45, 2.75) is 11.8 Å². The van der Waals surface area contributed by atoms with E-state index in [1.54, 1.807) is 24.3 Å². The molecule has 0 saturated heterocycles. The fourth-order valence-corrected chi connectivity index (χ4v) is 2.43. The molecule has 0 aliphatic carbocycles. The highest BCUT2D eigenvalue weighted by Crippen LogP contribution is 2.21. The Morgan fingerprint density at radius 1 is 1.25 bits per heavy atom. The van der Waals surface area contributed by atoms with Gasteiger partial charge in [0.2, 0.25) is 5.91 Å². The summed E-state index contributed by atoms with van der Waals surface area (Å²) >= 11 is 7.16. The molecule has 2 rings (SSSR count). The molecule has 5 heteroatoms. The predicted molar refractivity (Wildman–Crippen MR) is 81.9 cm³/mol. The van der Waals surface area contributed by atoms with Crippen LogP contribution in [0.1, 0.15) is 5.56 Å². The van der Waals surface area contributed by atoms with Crippen molar-refractivity contribution < 1.29 is 9.18 Å². The van der Waals surface area contributed by atoms with Crippen molar-refractivity contribution in [2.24, 2.45) is 0 Å². The predicted octanol–water partition coefficient (Wildman–Crippen LogP) is 4.52. The average Bonchev–Trinajstić information content (AvgIpc) is 2.42. The van der Waals surface area contributed by atoms with Crippen LogP contribution >= 0.6 is 23.4 Å². The van der Waals surface area contributed by atoms with Gasteiger partial charge >= 0.3 is 0 Å².